The Morgan fingerprint density at radius 2 is 2.17 bits per heavy atom. The lowest BCUT2D eigenvalue weighted by molar-refractivity contribution is 0.0428. The Morgan fingerprint density at radius 3 is 2.96 bits per heavy atom. The van der Waals surface area contributed by atoms with Crippen LogP contribution in [0.5, 0.6) is 0 Å². The third kappa shape index (κ3) is 3.69. The summed E-state index contributed by atoms with van der Waals surface area (Å²) in [7, 11) is 0. The average molecular weight is 316 g/mol. The van der Waals surface area contributed by atoms with Gasteiger partial charge in [-0.1, -0.05) is 18.2 Å². The molecule has 1 aromatic carbocycles. The smallest absolute Gasteiger partial charge is 0.320 e. The molecule has 23 heavy (non-hydrogen) atoms. The van der Waals surface area contributed by atoms with Gasteiger partial charge in [0.05, 0.1) is 31.1 Å². The van der Waals surface area contributed by atoms with Crippen molar-refractivity contribution in [3.63, 3.8) is 0 Å². The predicted octanol–water partition coefficient (Wildman–Crippen LogP) is 1.80. The van der Waals surface area contributed by atoms with Crippen molar-refractivity contribution in [2.75, 3.05) is 25.1 Å². The Labute approximate surface area is 134 Å². The van der Waals surface area contributed by atoms with Crippen LogP contribution in [0.1, 0.15) is 6.92 Å². The van der Waals surface area contributed by atoms with E-state index in [4.69, 9.17) is 9.47 Å². The van der Waals surface area contributed by atoms with E-state index in [0.29, 0.717) is 25.6 Å². The van der Waals surface area contributed by atoms with Crippen molar-refractivity contribution >= 4 is 11.8 Å². The van der Waals surface area contributed by atoms with Crippen LogP contribution in [-0.2, 0) is 9.47 Å². The minimum atomic E-state index is -0.303. The molecule has 2 aromatic rings. The molecule has 2 atom stereocenters. The van der Waals surface area contributed by atoms with Crippen LogP contribution in [0.15, 0.2) is 42.6 Å². The van der Waals surface area contributed by atoms with Gasteiger partial charge < -0.3 is 14.8 Å². The molecule has 0 unspecified atom stereocenters. The summed E-state index contributed by atoms with van der Waals surface area (Å²) in [5, 5.41) is 9.95. The highest BCUT2D eigenvalue weighted by molar-refractivity contribution is 5.88. The molecule has 3 rings (SSSR count). The topological polar surface area (TPSA) is 77.4 Å². The molecule has 1 aromatic heterocycles. The van der Waals surface area contributed by atoms with Crippen molar-refractivity contribution < 1.29 is 14.3 Å². The van der Waals surface area contributed by atoms with Gasteiger partial charge in [0.1, 0.15) is 11.9 Å². The minimum absolute atomic E-state index is 0.107. The number of amides is 2. The molecule has 1 saturated heterocycles. The second kappa shape index (κ2) is 7.26. The zero-order chi connectivity index (χ0) is 16.1. The Kier molecular flexibility index (Phi) is 4.89. The fraction of sp³-hybridized carbons (Fsp3) is 0.375. The lowest BCUT2D eigenvalue weighted by Gasteiger charge is -2.19. The van der Waals surface area contributed by atoms with E-state index in [2.05, 4.69) is 15.7 Å². The molecule has 2 heterocycles. The molecule has 1 aliphatic heterocycles. The average Bonchev–Trinajstić information content (AvgIpc) is 3.18. The number of anilines is 1. The Morgan fingerprint density at radius 1 is 1.35 bits per heavy atom. The maximum absolute atomic E-state index is 12.2. The third-order valence-electron chi connectivity index (χ3n) is 3.61. The van der Waals surface area contributed by atoms with Gasteiger partial charge in [0, 0.05) is 12.7 Å². The van der Waals surface area contributed by atoms with Gasteiger partial charge in [-0.25, -0.2) is 9.48 Å². The van der Waals surface area contributed by atoms with Crippen LogP contribution < -0.4 is 10.6 Å². The lowest BCUT2D eigenvalue weighted by Crippen LogP contribution is -2.45. The standard InChI is InChI=1S/C16H20N4O3/c1-2-23-14-11-22-10-13(14)18-16(21)19-15-8-9-17-20(15)12-6-4-3-5-7-12/h3-9,13-14H,2,10-11H2,1H3,(H2,18,19,21)/t13-,14-/m0/s1. The SMILES string of the molecule is CCO[C@H]1COC[C@@H]1NC(=O)Nc1ccnn1-c1ccccc1. The van der Waals surface area contributed by atoms with E-state index in [1.54, 1.807) is 16.9 Å². The summed E-state index contributed by atoms with van der Waals surface area (Å²) < 4.78 is 12.6. The van der Waals surface area contributed by atoms with E-state index in [1.165, 1.54) is 0 Å². The van der Waals surface area contributed by atoms with Crippen LogP contribution in [0.25, 0.3) is 5.69 Å². The second-order valence-corrected chi connectivity index (χ2v) is 5.20. The highest BCUT2D eigenvalue weighted by Crippen LogP contribution is 2.15. The fourth-order valence-electron chi connectivity index (χ4n) is 2.54. The van der Waals surface area contributed by atoms with Gasteiger partial charge in [0.15, 0.2) is 0 Å². The van der Waals surface area contributed by atoms with Gasteiger partial charge in [-0.15, -0.1) is 0 Å². The molecule has 122 valence electrons. The van der Waals surface area contributed by atoms with Crippen molar-refractivity contribution in [2.24, 2.45) is 0 Å². The number of benzene rings is 1. The number of urea groups is 1. The first kappa shape index (κ1) is 15.5. The summed E-state index contributed by atoms with van der Waals surface area (Å²) in [5.74, 6) is 0.598. The summed E-state index contributed by atoms with van der Waals surface area (Å²) in [4.78, 5) is 12.2. The molecule has 0 saturated carbocycles. The summed E-state index contributed by atoms with van der Waals surface area (Å²) in [6.45, 7) is 3.47. The quantitative estimate of drug-likeness (QED) is 0.882. The molecule has 1 aliphatic rings. The maximum atomic E-state index is 12.2. The van der Waals surface area contributed by atoms with Crippen molar-refractivity contribution in [1.29, 1.82) is 0 Å². The molecule has 2 amide bonds. The van der Waals surface area contributed by atoms with E-state index in [0.717, 1.165) is 5.69 Å². The van der Waals surface area contributed by atoms with E-state index >= 15 is 0 Å². The molecule has 1 fully saturated rings. The van der Waals surface area contributed by atoms with E-state index in [9.17, 15) is 4.79 Å². The number of hydrogen-bond acceptors (Lipinski definition) is 4. The molecule has 7 heteroatoms. The molecule has 0 spiro atoms. The molecule has 0 aliphatic carbocycles. The highest BCUT2D eigenvalue weighted by atomic mass is 16.5. The zero-order valence-corrected chi connectivity index (χ0v) is 12.9. The number of carbonyl (C=O) groups is 1. The van der Waals surface area contributed by atoms with Crippen molar-refractivity contribution in [1.82, 2.24) is 15.1 Å². The van der Waals surface area contributed by atoms with Gasteiger partial charge in [-0.3, -0.25) is 5.32 Å². The van der Waals surface area contributed by atoms with E-state index in [1.807, 2.05) is 37.3 Å². The zero-order valence-electron chi connectivity index (χ0n) is 12.9. The first-order valence-electron chi connectivity index (χ1n) is 7.64. The third-order valence-corrected chi connectivity index (χ3v) is 3.61. The van der Waals surface area contributed by atoms with Gasteiger partial charge in [-0.2, -0.15) is 5.10 Å². The monoisotopic (exact) mass is 316 g/mol. The number of rotatable bonds is 5. The van der Waals surface area contributed by atoms with Gasteiger partial charge in [-0.05, 0) is 19.1 Å². The van der Waals surface area contributed by atoms with E-state index in [-0.39, 0.29) is 18.2 Å². The molecular weight excluding hydrogens is 296 g/mol. The Balaban J connectivity index is 1.64. The number of aromatic nitrogens is 2. The molecule has 7 nitrogen and oxygen atoms in total. The van der Waals surface area contributed by atoms with Gasteiger partial charge in [0.2, 0.25) is 0 Å². The van der Waals surface area contributed by atoms with Crippen LogP contribution in [0.4, 0.5) is 10.6 Å². The maximum Gasteiger partial charge on any atom is 0.320 e. The molecule has 2 N–H and O–H groups in total. The van der Waals surface area contributed by atoms with Crippen LogP contribution in [0.3, 0.4) is 0 Å². The Hall–Kier alpha value is -2.38. The minimum Gasteiger partial charge on any atom is -0.376 e. The number of para-hydroxylation sites is 1. The van der Waals surface area contributed by atoms with E-state index < -0.39 is 0 Å². The normalized spacial score (nSPS) is 20.4. The van der Waals surface area contributed by atoms with Crippen LogP contribution in [-0.4, -0.2) is 47.8 Å². The summed E-state index contributed by atoms with van der Waals surface area (Å²) in [6, 6.07) is 10.9. The molecular formula is C16H20N4O3. The number of carbonyl (C=O) groups excluding carboxylic acids is 1. The first-order valence-corrected chi connectivity index (χ1v) is 7.64. The van der Waals surface area contributed by atoms with Gasteiger partial charge in [0.25, 0.3) is 0 Å². The highest BCUT2D eigenvalue weighted by Gasteiger charge is 2.30. The van der Waals surface area contributed by atoms with Gasteiger partial charge >= 0.3 is 6.03 Å². The first-order chi connectivity index (χ1) is 11.3. The van der Waals surface area contributed by atoms with Crippen LogP contribution in [0, 0.1) is 0 Å². The number of hydrogen-bond donors (Lipinski definition) is 2. The lowest BCUT2D eigenvalue weighted by atomic mass is 10.2. The van der Waals surface area contributed by atoms with Crippen molar-refractivity contribution in [2.45, 2.75) is 19.1 Å². The fourth-order valence-corrected chi connectivity index (χ4v) is 2.54. The van der Waals surface area contributed by atoms with Crippen molar-refractivity contribution in [3.05, 3.63) is 42.6 Å². The molecule has 0 bridgehead atoms. The number of ether oxygens (including phenoxy) is 2. The van der Waals surface area contributed by atoms with Crippen LogP contribution in [0.2, 0.25) is 0 Å². The number of nitrogens with one attached hydrogen (secondary N) is 2. The number of nitrogens with zero attached hydrogens (tertiary/aromatic N) is 2. The molecule has 0 radical (unpaired) electrons. The summed E-state index contributed by atoms with van der Waals surface area (Å²) >= 11 is 0. The summed E-state index contributed by atoms with van der Waals surface area (Å²) in [5.41, 5.74) is 0.879. The predicted molar refractivity (Wildman–Crippen MR) is 85.7 cm³/mol. The Bertz CT molecular complexity index is 644. The largest absolute Gasteiger partial charge is 0.376 e. The van der Waals surface area contributed by atoms with Crippen molar-refractivity contribution in [3.8, 4) is 5.69 Å². The second-order valence-electron chi connectivity index (χ2n) is 5.20. The summed E-state index contributed by atoms with van der Waals surface area (Å²) in [6.07, 6.45) is 1.54. The van der Waals surface area contributed by atoms with Crippen LogP contribution >= 0.6 is 0 Å².